The highest BCUT2D eigenvalue weighted by Gasteiger charge is 1.81. The van der Waals surface area contributed by atoms with Gasteiger partial charge in [0.15, 0.2) is 0 Å². The van der Waals surface area contributed by atoms with Gasteiger partial charge in [0.25, 0.3) is 0 Å². The molecule has 0 aromatic rings. The van der Waals surface area contributed by atoms with E-state index in [-0.39, 0.29) is 0 Å². The molecule has 0 unspecified atom stereocenters. The molecule has 1 heteroatoms. The highest BCUT2D eigenvalue weighted by molar-refractivity contribution is 6.17. The predicted octanol–water partition coefficient (Wildman–Crippen LogP) is 5.56. The molecule has 0 aromatic heterocycles. The maximum atomic E-state index is 5.38. The van der Waals surface area contributed by atoms with Crippen LogP contribution in [0.1, 0.15) is 65.2 Å². The summed E-state index contributed by atoms with van der Waals surface area (Å²) in [7, 11) is 0. The van der Waals surface area contributed by atoms with Crippen LogP contribution < -0.4 is 0 Å². The van der Waals surface area contributed by atoms with Crippen LogP contribution in [0.3, 0.4) is 0 Å². The lowest BCUT2D eigenvalue weighted by Crippen LogP contribution is -1.71. The third-order valence-corrected chi connectivity index (χ3v) is 2.27. The Morgan fingerprint density at radius 2 is 1.50 bits per heavy atom. The van der Waals surface area contributed by atoms with E-state index in [0.717, 1.165) is 5.88 Å². The normalized spacial score (nSPS) is 9.07. The molecule has 86 valence electrons. The maximum absolute atomic E-state index is 5.38. The lowest BCUT2D eigenvalue weighted by molar-refractivity contribution is 0.675. The molecular weight excluding hydrogens is 192 g/mol. The third kappa shape index (κ3) is 22.7. The molecule has 0 aliphatic carbocycles. The molecule has 0 amide bonds. The fourth-order valence-corrected chi connectivity index (χ4v) is 1.25. The molecule has 0 saturated heterocycles. The number of hydrogen-bond donors (Lipinski definition) is 0. The van der Waals surface area contributed by atoms with Crippen LogP contribution in [0.2, 0.25) is 0 Å². The Labute approximate surface area is 95.7 Å². The van der Waals surface area contributed by atoms with Crippen molar-refractivity contribution in [1.29, 1.82) is 0 Å². The van der Waals surface area contributed by atoms with Crippen LogP contribution in [-0.2, 0) is 0 Å². The summed E-state index contributed by atoms with van der Waals surface area (Å²) in [6.45, 7) is 8.06. The van der Waals surface area contributed by atoms with Crippen molar-refractivity contribution in [3.8, 4) is 0 Å². The monoisotopic (exact) mass is 218 g/mol. The molecule has 0 spiro atoms. The summed E-state index contributed by atoms with van der Waals surface area (Å²) >= 11 is 5.38. The van der Waals surface area contributed by atoms with E-state index >= 15 is 0 Å². The molecule has 14 heavy (non-hydrogen) atoms. The Hall–Kier alpha value is 0.0300. The van der Waals surface area contributed by atoms with Gasteiger partial charge in [0.1, 0.15) is 0 Å². The summed E-state index contributed by atoms with van der Waals surface area (Å²) in [5.41, 5.74) is 0. The van der Waals surface area contributed by atoms with E-state index in [1.54, 1.807) is 0 Å². The summed E-state index contributed by atoms with van der Waals surface area (Å²) in [5.74, 6) is 0.827. The summed E-state index contributed by atoms with van der Waals surface area (Å²) in [6.07, 6.45) is 12.3. The summed E-state index contributed by atoms with van der Waals surface area (Å²) in [5, 5.41) is 0. The molecule has 0 fully saturated rings. The highest BCUT2D eigenvalue weighted by Crippen LogP contribution is 2.01. The average Bonchev–Trinajstić information content (AvgIpc) is 2.22. The Balaban J connectivity index is 0. The van der Waals surface area contributed by atoms with Crippen molar-refractivity contribution in [2.45, 2.75) is 65.2 Å². The molecule has 0 atom stereocenters. The minimum absolute atomic E-state index is 0.827. The first-order valence-electron chi connectivity index (χ1n) is 6.00. The molecule has 0 bridgehead atoms. The lowest BCUT2D eigenvalue weighted by Gasteiger charge is -1.91. The van der Waals surface area contributed by atoms with E-state index in [1.165, 1.54) is 51.4 Å². The molecule has 0 saturated carbocycles. The maximum Gasteiger partial charge on any atom is 0.0223 e. The average molecular weight is 219 g/mol. The van der Waals surface area contributed by atoms with E-state index in [9.17, 15) is 0 Å². The standard InChI is InChI=1S/C8H16.C5H11Cl/c1-3-5-7-8-6-4-2;1-2-3-4-5-6/h3H,1,4-8H2,2H3;2-5H2,1H3. The molecular formula is C13H27Cl. The Morgan fingerprint density at radius 1 is 0.929 bits per heavy atom. The van der Waals surface area contributed by atoms with Crippen molar-refractivity contribution in [1.82, 2.24) is 0 Å². The second kappa shape index (κ2) is 18.7. The second-order valence-electron chi connectivity index (χ2n) is 3.53. The fourth-order valence-electron chi connectivity index (χ4n) is 1.06. The first kappa shape index (κ1) is 16.5. The molecule has 0 heterocycles. The zero-order valence-corrected chi connectivity index (χ0v) is 10.8. The first-order valence-corrected chi connectivity index (χ1v) is 6.53. The van der Waals surface area contributed by atoms with Gasteiger partial charge in [-0.15, -0.1) is 18.2 Å². The minimum atomic E-state index is 0.827. The SMILES string of the molecule is C=CCCCCCC.CCCCCCl. The van der Waals surface area contributed by atoms with Crippen LogP contribution in [0.4, 0.5) is 0 Å². The van der Waals surface area contributed by atoms with E-state index in [1.807, 2.05) is 6.08 Å². The predicted molar refractivity (Wildman–Crippen MR) is 69.2 cm³/mol. The molecule has 0 radical (unpaired) electrons. The molecule has 0 aliphatic rings. The minimum Gasteiger partial charge on any atom is -0.127 e. The Kier molecular flexibility index (Phi) is 22.0. The molecule has 0 N–H and O–H groups in total. The van der Waals surface area contributed by atoms with Gasteiger partial charge in [-0.25, -0.2) is 0 Å². The molecule has 0 aromatic carbocycles. The van der Waals surface area contributed by atoms with Crippen molar-refractivity contribution in [3.63, 3.8) is 0 Å². The molecule has 0 aliphatic heterocycles. The number of unbranched alkanes of at least 4 members (excludes halogenated alkanes) is 6. The van der Waals surface area contributed by atoms with Gasteiger partial charge < -0.3 is 0 Å². The van der Waals surface area contributed by atoms with E-state index in [0.29, 0.717) is 0 Å². The van der Waals surface area contributed by atoms with Gasteiger partial charge in [-0.2, -0.15) is 0 Å². The summed E-state index contributed by atoms with van der Waals surface area (Å²) < 4.78 is 0. The van der Waals surface area contributed by atoms with E-state index in [4.69, 9.17) is 11.6 Å². The summed E-state index contributed by atoms with van der Waals surface area (Å²) in [4.78, 5) is 0. The van der Waals surface area contributed by atoms with Gasteiger partial charge in [-0.05, 0) is 19.3 Å². The number of hydrogen-bond acceptors (Lipinski definition) is 0. The van der Waals surface area contributed by atoms with Crippen molar-refractivity contribution < 1.29 is 0 Å². The number of halogens is 1. The molecule has 0 nitrogen and oxygen atoms in total. The molecule has 0 rings (SSSR count). The van der Waals surface area contributed by atoms with Crippen molar-refractivity contribution >= 4 is 11.6 Å². The second-order valence-corrected chi connectivity index (χ2v) is 3.91. The van der Waals surface area contributed by atoms with Crippen LogP contribution in [0.5, 0.6) is 0 Å². The van der Waals surface area contributed by atoms with Gasteiger partial charge >= 0.3 is 0 Å². The van der Waals surface area contributed by atoms with Crippen LogP contribution in [0, 0.1) is 0 Å². The van der Waals surface area contributed by atoms with Gasteiger partial charge in [0.2, 0.25) is 0 Å². The third-order valence-electron chi connectivity index (χ3n) is 2.00. The van der Waals surface area contributed by atoms with Gasteiger partial charge in [0.05, 0.1) is 0 Å². The largest absolute Gasteiger partial charge is 0.127 e. The van der Waals surface area contributed by atoms with Gasteiger partial charge in [0, 0.05) is 5.88 Å². The van der Waals surface area contributed by atoms with E-state index < -0.39 is 0 Å². The van der Waals surface area contributed by atoms with E-state index in [2.05, 4.69) is 20.4 Å². The number of rotatable bonds is 8. The first-order chi connectivity index (χ1) is 6.83. The topological polar surface area (TPSA) is 0 Å². The van der Waals surface area contributed by atoms with Crippen LogP contribution in [-0.4, -0.2) is 5.88 Å². The van der Waals surface area contributed by atoms with Crippen molar-refractivity contribution in [2.75, 3.05) is 5.88 Å². The number of alkyl halides is 1. The fraction of sp³-hybridized carbons (Fsp3) is 0.846. The van der Waals surface area contributed by atoms with Gasteiger partial charge in [-0.1, -0.05) is 52.0 Å². The highest BCUT2D eigenvalue weighted by atomic mass is 35.5. The van der Waals surface area contributed by atoms with Crippen LogP contribution >= 0.6 is 11.6 Å². The van der Waals surface area contributed by atoms with Crippen LogP contribution in [0.25, 0.3) is 0 Å². The summed E-state index contributed by atoms with van der Waals surface area (Å²) in [6, 6.07) is 0. The smallest absolute Gasteiger partial charge is 0.0223 e. The Morgan fingerprint density at radius 3 is 1.86 bits per heavy atom. The Bertz CT molecular complexity index is 85.2. The number of allylic oxidation sites excluding steroid dienone is 1. The quantitative estimate of drug-likeness (QED) is 0.284. The van der Waals surface area contributed by atoms with Crippen LogP contribution in [0.15, 0.2) is 12.7 Å². The van der Waals surface area contributed by atoms with Crippen molar-refractivity contribution in [3.05, 3.63) is 12.7 Å². The zero-order valence-electron chi connectivity index (χ0n) is 10.0. The van der Waals surface area contributed by atoms with Crippen molar-refractivity contribution in [2.24, 2.45) is 0 Å². The lowest BCUT2D eigenvalue weighted by atomic mass is 10.2. The van der Waals surface area contributed by atoms with Gasteiger partial charge in [-0.3, -0.25) is 0 Å². The zero-order chi connectivity index (χ0) is 11.1.